The highest BCUT2D eigenvalue weighted by molar-refractivity contribution is 7.07. The van der Waals surface area contributed by atoms with Crippen molar-refractivity contribution >= 4 is 11.3 Å². The van der Waals surface area contributed by atoms with E-state index in [2.05, 4.69) is 22.3 Å². The molecule has 0 atom stereocenters. The topological polar surface area (TPSA) is 51.4 Å². The van der Waals surface area contributed by atoms with Crippen molar-refractivity contribution in [2.24, 2.45) is 5.73 Å². The third kappa shape index (κ3) is 4.63. The van der Waals surface area contributed by atoms with Crippen molar-refractivity contribution in [1.29, 1.82) is 0 Å². The Labute approximate surface area is 117 Å². The molecule has 0 unspecified atom stereocenters. The van der Waals surface area contributed by atoms with Crippen LogP contribution >= 0.6 is 11.3 Å². The molecule has 2 N–H and O–H groups in total. The molecule has 0 fully saturated rings. The van der Waals surface area contributed by atoms with Crippen molar-refractivity contribution < 1.29 is 4.74 Å². The lowest BCUT2D eigenvalue weighted by atomic mass is 10.2. The first-order valence-corrected chi connectivity index (χ1v) is 7.19. The summed E-state index contributed by atoms with van der Waals surface area (Å²) in [4.78, 5) is 6.46. The van der Waals surface area contributed by atoms with E-state index in [4.69, 9.17) is 10.5 Å². The predicted molar refractivity (Wildman–Crippen MR) is 78.3 cm³/mol. The molecule has 102 valence electrons. The molecule has 0 aliphatic carbocycles. The minimum absolute atomic E-state index is 0.566. The first-order valence-electron chi connectivity index (χ1n) is 6.25. The van der Waals surface area contributed by atoms with E-state index in [1.807, 2.05) is 29.8 Å². The highest BCUT2D eigenvalue weighted by Crippen LogP contribution is 2.11. The number of rotatable bonds is 7. The third-order valence-corrected chi connectivity index (χ3v) is 3.45. The fourth-order valence-corrected chi connectivity index (χ4v) is 2.26. The summed E-state index contributed by atoms with van der Waals surface area (Å²) in [6, 6.07) is 7.91. The molecule has 1 aromatic carbocycles. The molecule has 0 aliphatic heterocycles. The molecule has 5 heteroatoms. The monoisotopic (exact) mass is 277 g/mol. The van der Waals surface area contributed by atoms with E-state index >= 15 is 0 Å². The summed E-state index contributed by atoms with van der Waals surface area (Å²) in [7, 11) is 2.07. The zero-order chi connectivity index (χ0) is 13.5. The van der Waals surface area contributed by atoms with Crippen LogP contribution in [-0.2, 0) is 13.1 Å². The molecule has 1 heterocycles. The van der Waals surface area contributed by atoms with Gasteiger partial charge >= 0.3 is 0 Å². The summed E-state index contributed by atoms with van der Waals surface area (Å²) < 4.78 is 5.70. The summed E-state index contributed by atoms with van der Waals surface area (Å²) in [6.45, 7) is 2.97. The van der Waals surface area contributed by atoms with Crippen molar-refractivity contribution in [3.63, 3.8) is 0 Å². The molecular formula is C14H19N3OS. The maximum absolute atomic E-state index is 5.70. The maximum atomic E-state index is 5.70. The Morgan fingerprint density at radius 3 is 2.74 bits per heavy atom. The number of thiazole rings is 1. The fourth-order valence-electron chi connectivity index (χ4n) is 1.71. The summed E-state index contributed by atoms with van der Waals surface area (Å²) in [5.74, 6) is 0.888. The molecule has 19 heavy (non-hydrogen) atoms. The van der Waals surface area contributed by atoms with E-state index in [1.165, 1.54) is 0 Å². The van der Waals surface area contributed by atoms with Gasteiger partial charge in [0.25, 0.3) is 0 Å². The maximum Gasteiger partial charge on any atom is 0.119 e. The predicted octanol–water partition coefficient (Wildman–Crippen LogP) is 2.11. The van der Waals surface area contributed by atoms with Gasteiger partial charge in [-0.05, 0) is 24.7 Å². The summed E-state index contributed by atoms with van der Waals surface area (Å²) >= 11 is 1.63. The fraction of sp³-hybridized carbons (Fsp3) is 0.357. The van der Waals surface area contributed by atoms with Gasteiger partial charge in [0.1, 0.15) is 12.4 Å². The van der Waals surface area contributed by atoms with Gasteiger partial charge in [-0.25, -0.2) is 4.98 Å². The lowest BCUT2D eigenvalue weighted by molar-refractivity contribution is 0.231. The Hall–Kier alpha value is -1.43. The third-order valence-electron chi connectivity index (χ3n) is 2.82. The van der Waals surface area contributed by atoms with Gasteiger partial charge in [0, 0.05) is 25.0 Å². The van der Waals surface area contributed by atoms with E-state index in [0.717, 1.165) is 30.1 Å². The molecule has 2 aromatic rings. The van der Waals surface area contributed by atoms with Crippen molar-refractivity contribution in [1.82, 2.24) is 9.88 Å². The number of ether oxygens (including phenoxy) is 1. The van der Waals surface area contributed by atoms with E-state index < -0.39 is 0 Å². The average Bonchev–Trinajstić information content (AvgIpc) is 2.92. The van der Waals surface area contributed by atoms with Crippen molar-refractivity contribution in [3.8, 4) is 5.75 Å². The second-order valence-electron chi connectivity index (χ2n) is 4.41. The van der Waals surface area contributed by atoms with Crippen LogP contribution in [0, 0.1) is 0 Å². The van der Waals surface area contributed by atoms with Gasteiger partial charge in [0.2, 0.25) is 0 Å². The number of aromatic nitrogens is 1. The minimum Gasteiger partial charge on any atom is -0.492 e. The second-order valence-corrected chi connectivity index (χ2v) is 5.13. The van der Waals surface area contributed by atoms with Gasteiger partial charge in [-0.3, -0.25) is 4.90 Å². The van der Waals surface area contributed by atoms with Crippen LogP contribution < -0.4 is 10.5 Å². The van der Waals surface area contributed by atoms with Crippen LogP contribution in [0.15, 0.2) is 35.2 Å². The Kier molecular flexibility index (Phi) is 5.32. The second kappa shape index (κ2) is 7.23. The van der Waals surface area contributed by atoms with Crippen LogP contribution in [-0.4, -0.2) is 30.1 Å². The van der Waals surface area contributed by atoms with Crippen molar-refractivity contribution in [3.05, 3.63) is 46.4 Å². The number of likely N-dealkylation sites (N-methyl/N-ethyl adjacent to an activating group) is 1. The average molecular weight is 277 g/mol. The number of nitrogens with two attached hydrogens (primary N) is 1. The smallest absolute Gasteiger partial charge is 0.119 e. The molecule has 2 rings (SSSR count). The normalized spacial score (nSPS) is 10.9. The van der Waals surface area contributed by atoms with Gasteiger partial charge in [0.15, 0.2) is 0 Å². The Balaban J connectivity index is 1.70. The molecule has 0 bridgehead atoms. The van der Waals surface area contributed by atoms with E-state index in [9.17, 15) is 0 Å². The molecule has 1 aromatic heterocycles. The number of hydrogen-bond donors (Lipinski definition) is 1. The Morgan fingerprint density at radius 2 is 2.11 bits per heavy atom. The largest absolute Gasteiger partial charge is 0.492 e. The van der Waals surface area contributed by atoms with Gasteiger partial charge in [-0.1, -0.05) is 12.1 Å². The minimum atomic E-state index is 0.566. The lowest BCUT2D eigenvalue weighted by Crippen LogP contribution is -2.24. The van der Waals surface area contributed by atoms with Crippen LogP contribution in [0.1, 0.15) is 11.3 Å². The summed E-state index contributed by atoms with van der Waals surface area (Å²) in [5, 5.41) is 2.07. The van der Waals surface area contributed by atoms with Crippen LogP contribution in [0.4, 0.5) is 0 Å². The van der Waals surface area contributed by atoms with E-state index in [0.29, 0.717) is 13.2 Å². The van der Waals surface area contributed by atoms with E-state index in [-0.39, 0.29) is 0 Å². The quantitative estimate of drug-likeness (QED) is 0.842. The summed E-state index contributed by atoms with van der Waals surface area (Å²) in [5.41, 5.74) is 9.64. The zero-order valence-corrected chi connectivity index (χ0v) is 11.9. The Bertz CT molecular complexity index is 470. The lowest BCUT2D eigenvalue weighted by Gasteiger charge is -2.15. The molecule has 4 nitrogen and oxygen atoms in total. The molecule has 0 saturated carbocycles. The standard InChI is InChI=1S/C14H19N3OS/c1-17(9-13-10-19-11-16-13)6-7-18-14-4-2-12(8-15)3-5-14/h2-5,10-11H,6-9,15H2,1H3. The van der Waals surface area contributed by atoms with Gasteiger partial charge < -0.3 is 10.5 Å². The summed E-state index contributed by atoms with van der Waals surface area (Å²) in [6.07, 6.45) is 0. The van der Waals surface area contributed by atoms with Crippen molar-refractivity contribution in [2.45, 2.75) is 13.1 Å². The SMILES string of the molecule is CN(CCOc1ccc(CN)cc1)Cc1cscn1. The highest BCUT2D eigenvalue weighted by Gasteiger charge is 2.02. The van der Waals surface area contributed by atoms with Gasteiger partial charge in [0.05, 0.1) is 11.2 Å². The molecule has 0 spiro atoms. The molecular weight excluding hydrogens is 258 g/mol. The molecule has 0 radical (unpaired) electrons. The molecule has 0 aliphatic rings. The first-order chi connectivity index (χ1) is 9.28. The van der Waals surface area contributed by atoms with Gasteiger partial charge in [-0.15, -0.1) is 11.3 Å². The number of hydrogen-bond acceptors (Lipinski definition) is 5. The highest BCUT2D eigenvalue weighted by atomic mass is 32.1. The number of benzene rings is 1. The van der Waals surface area contributed by atoms with Gasteiger partial charge in [-0.2, -0.15) is 0 Å². The van der Waals surface area contributed by atoms with Crippen molar-refractivity contribution in [2.75, 3.05) is 20.2 Å². The first kappa shape index (κ1) is 14.0. The van der Waals surface area contributed by atoms with Crippen LogP contribution in [0.3, 0.4) is 0 Å². The zero-order valence-electron chi connectivity index (χ0n) is 11.1. The van der Waals surface area contributed by atoms with Crippen LogP contribution in [0.25, 0.3) is 0 Å². The molecule has 0 amide bonds. The van der Waals surface area contributed by atoms with E-state index in [1.54, 1.807) is 11.3 Å². The van der Waals surface area contributed by atoms with Crippen LogP contribution in [0.5, 0.6) is 5.75 Å². The van der Waals surface area contributed by atoms with Crippen LogP contribution in [0.2, 0.25) is 0 Å². The Morgan fingerprint density at radius 1 is 1.32 bits per heavy atom. The molecule has 0 saturated heterocycles. The number of nitrogens with zero attached hydrogens (tertiary/aromatic N) is 2.